The Hall–Kier alpha value is -4.64. The number of esters is 1. The summed E-state index contributed by atoms with van der Waals surface area (Å²) in [4.78, 5) is 12.9. The van der Waals surface area contributed by atoms with Gasteiger partial charge in [0.2, 0.25) is 5.88 Å². The predicted octanol–water partition coefficient (Wildman–Crippen LogP) is 7.27. The molecule has 0 aromatic heterocycles. The normalized spacial score (nSPS) is 13.9. The first-order valence-electron chi connectivity index (χ1n) is 14.5. The van der Waals surface area contributed by atoms with Gasteiger partial charge in [-0.25, -0.2) is 4.79 Å². The van der Waals surface area contributed by atoms with Gasteiger partial charge in [0, 0.05) is 11.6 Å². The van der Waals surface area contributed by atoms with Crippen molar-refractivity contribution in [3.05, 3.63) is 88.8 Å². The third kappa shape index (κ3) is 7.35. The monoisotopic (exact) mass is 570 g/mol. The number of nitrogens with zero attached hydrogens (tertiary/aromatic N) is 1. The molecule has 1 unspecified atom stereocenters. The number of carbonyl (C=O) groups excluding carboxylic acids is 1. The van der Waals surface area contributed by atoms with E-state index in [4.69, 9.17) is 29.4 Å². The zero-order chi connectivity index (χ0) is 29.9. The van der Waals surface area contributed by atoms with E-state index in [0.717, 1.165) is 37.7 Å². The van der Waals surface area contributed by atoms with Crippen molar-refractivity contribution in [3.8, 4) is 34.8 Å². The van der Waals surface area contributed by atoms with E-state index in [1.807, 2.05) is 24.3 Å². The molecule has 3 aromatic rings. The summed E-state index contributed by atoms with van der Waals surface area (Å²) in [5, 5.41) is 9.97. The molecule has 0 amide bonds. The van der Waals surface area contributed by atoms with Crippen LogP contribution in [-0.4, -0.2) is 26.3 Å². The van der Waals surface area contributed by atoms with Crippen LogP contribution in [0.2, 0.25) is 0 Å². The van der Waals surface area contributed by atoms with Crippen molar-refractivity contribution < 1.29 is 28.5 Å². The minimum absolute atomic E-state index is 0.00868. The fourth-order valence-electron chi connectivity index (χ4n) is 4.75. The molecule has 0 fully saturated rings. The van der Waals surface area contributed by atoms with Gasteiger partial charge in [-0.1, -0.05) is 57.7 Å². The quantitative estimate of drug-likeness (QED) is 0.122. The number of carbonyl (C=O) groups is 1. The molecule has 1 aliphatic rings. The summed E-state index contributed by atoms with van der Waals surface area (Å²) in [5.41, 5.74) is 8.35. The number of hydrogen-bond acceptors (Lipinski definition) is 8. The molecular weight excluding hydrogens is 532 g/mol. The van der Waals surface area contributed by atoms with E-state index in [9.17, 15) is 10.1 Å². The minimum atomic E-state index is -0.528. The molecule has 0 saturated carbocycles. The molecule has 8 heteroatoms. The zero-order valence-corrected chi connectivity index (χ0v) is 24.5. The van der Waals surface area contributed by atoms with Gasteiger partial charge in [-0.2, -0.15) is 5.26 Å². The van der Waals surface area contributed by atoms with E-state index < -0.39 is 11.9 Å². The molecule has 1 heterocycles. The van der Waals surface area contributed by atoms with E-state index in [1.165, 1.54) is 6.42 Å². The fourth-order valence-corrected chi connectivity index (χ4v) is 4.75. The molecule has 1 atom stereocenters. The van der Waals surface area contributed by atoms with E-state index in [0.29, 0.717) is 47.3 Å². The number of ether oxygens (including phenoxy) is 5. The Bertz CT molecular complexity index is 1460. The van der Waals surface area contributed by atoms with Crippen LogP contribution in [0.4, 0.5) is 0 Å². The lowest BCUT2D eigenvalue weighted by atomic mass is 9.83. The molecule has 4 rings (SSSR count). The number of unbranched alkanes of at least 4 members (excludes halogenated alkanes) is 4. The van der Waals surface area contributed by atoms with Gasteiger partial charge >= 0.3 is 5.97 Å². The van der Waals surface area contributed by atoms with Crippen LogP contribution in [-0.2, 0) is 0 Å². The Morgan fingerprint density at radius 1 is 0.905 bits per heavy atom. The van der Waals surface area contributed by atoms with Crippen molar-refractivity contribution >= 4 is 5.97 Å². The lowest BCUT2D eigenvalue weighted by Gasteiger charge is -2.27. The highest BCUT2D eigenvalue weighted by atomic mass is 16.5. The Morgan fingerprint density at radius 3 is 2.48 bits per heavy atom. The average Bonchev–Trinajstić information content (AvgIpc) is 3.00. The van der Waals surface area contributed by atoms with Crippen LogP contribution < -0.4 is 29.4 Å². The summed E-state index contributed by atoms with van der Waals surface area (Å²) >= 11 is 0. The number of fused-ring (bicyclic) bond motifs is 1. The van der Waals surface area contributed by atoms with Crippen molar-refractivity contribution in [2.75, 3.05) is 20.3 Å². The summed E-state index contributed by atoms with van der Waals surface area (Å²) in [5.74, 6) is 1.46. The maximum absolute atomic E-state index is 12.9. The van der Waals surface area contributed by atoms with Crippen LogP contribution >= 0.6 is 0 Å². The first kappa shape index (κ1) is 30.3. The number of benzene rings is 3. The fraction of sp³-hybridized carbons (Fsp3) is 0.353. The molecule has 0 saturated heterocycles. The molecule has 8 nitrogen and oxygen atoms in total. The van der Waals surface area contributed by atoms with Crippen LogP contribution in [0.3, 0.4) is 0 Å². The Labute approximate surface area is 247 Å². The van der Waals surface area contributed by atoms with Crippen LogP contribution in [0.15, 0.2) is 72.1 Å². The molecule has 1 aliphatic heterocycles. The number of methoxy groups -OCH3 is 1. The molecule has 42 heavy (non-hydrogen) atoms. The number of nitrogens with two attached hydrogens (primary N) is 1. The SMILES string of the molecule is CCCCCCOc1ccc(C2C(C#N)=C(N)Oc3cc(OC(=O)c4cccc(OCCCC)c4)ccc32)cc1OC. The highest BCUT2D eigenvalue weighted by molar-refractivity contribution is 5.91. The Morgan fingerprint density at radius 2 is 1.71 bits per heavy atom. The largest absolute Gasteiger partial charge is 0.494 e. The van der Waals surface area contributed by atoms with E-state index >= 15 is 0 Å². The van der Waals surface area contributed by atoms with E-state index in [-0.39, 0.29) is 17.2 Å². The van der Waals surface area contributed by atoms with Gasteiger partial charge < -0.3 is 29.4 Å². The number of nitriles is 1. The lowest BCUT2D eigenvalue weighted by molar-refractivity contribution is 0.0734. The number of rotatable bonds is 14. The van der Waals surface area contributed by atoms with E-state index in [1.54, 1.807) is 43.5 Å². The van der Waals surface area contributed by atoms with Crippen LogP contribution in [0.5, 0.6) is 28.7 Å². The maximum atomic E-state index is 12.9. The summed E-state index contributed by atoms with van der Waals surface area (Å²) in [6.45, 7) is 5.44. The van der Waals surface area contributed by atoms with Crippen molar-refractivity contribution in [3.63, 3.8) is 0 Å². The molecule has 0 bridgehead atoms. The summed E-state index contributed by atoms with van der Waals surface area (Å²) in [6, 6.07) is 19.8. The van der Waals surface area contributed by atoms with Crippen LogP contribution in [0, 0.1) is 11.3 Å². The zero-order valence-electron chi connectivity index (χ0n) is 24.5. The first-order valence-corrected chi connectivity index (χ1v) is 14.5. The molecule has 2 N–H and O–H groups in total. The summed E-state index contributed by atoms with van der Waals surface area (Å²) in [7, 11) is 1.59. The highest BCUT2D eigenvalue weighted by Crippen LogP contribution is 2.45. The molecule has 0 aliphatic carbocycles. The summed E-state index contributed by atoms with van der Waals surface area (Å²) in [6.07, 6.45) is 6.37. The molecular formula is C34H38N2O6. The maximum Gasteiger partial charge on any atom is 0.343 e. The van der Waals surface area contributed by atoms with Gasteiger partial charge in [0.15, 0.2) is 11.5 Å². The summed E-state index contributed by atoms with van der Waals surface area (Å²) < 4.78 is 28.8. The second kappa shape index (κ2) is 14.8. The van der Waals surface area contributed by atoms with Gasteiger partial charge in [-0.05, 0) is 54.8 Å². The number of allylic oxidation sites excluding steroid dienone is 1. The Balaban J connectivity index is 1.55. The van der Waals surface area contributed by atoms with Gasteiger partial charge in [0.1, 0.15) is 28.9 Å². The molecule has 3 aromatic carbocycles. The van der Waals surface area contributed by atoms with Crippen molar-refractivity contribution in [2.45, 2.75) is 58.3 Å². The van der Waals surface area contributed by atoms with Gasteiger partial charge in [-0.3, -0.25) is 0 Å². The van der Waals surface area contributed by atoms with Crippen molar-refractivity contribution in [2.24, 2.45) is 5.73 Å². The van der Waals surface area contributed by atoms with Crippen LogP contribution in [0.25, 0.3) is 0 Å². The Kier molecular flexibility index (Phi) is 10.7. The van der Waals surface area contributed by atoms with Crippen molar-refractivity contribution in [1.29, 1.82) is 5.26 Å². The van der Waals surface area contributed by atoms with Gasteiger partial charge in [0.25, 0.3) is 0 Å². The van der Waals surface area contributed by atoms with Crippen molar-refractivity contribution in [1.82, 2.24) is 0 Å². The first-order chi connectivity index (χ1) is 20.5. The minimum Gasteiger partial charge on any atom is -0.494 e. The second-order valence-electron chi connectivity index (χ2n) is 10.1. The predicted molar refractivity (Wildman–Crippen MR) is 160 cm³/mol. The molecule has 0 radical (unpaired) electrons. The second-order valence-corrected chi connectivity index (χ2v) is 10.1. The van der Waals surface area contributed by atoms with E-state index in [2.05, 4.69) is 19.9 Å². The highest BCUT2D eigenvalue weighted by Gasteiger charge is 2.32. The topological polar surface area (TPSA) is 113 Å². The third-order valence-electron chi connectivity index (χ3n) is 7.01. The van der Waals surface area contributed by atoms with Gasteiger partial charge in [-0.15, -0.1) is 0 Å². The molecule has 0 spiro atoms. The third-order valence-corrected chi connectivity index (χ3v) is 7.01. The lowest BCUT2D eigenvalue weighted by Crippen LogP contribution is -2.21. The smallest absolute Gasteiger partial charge is 0.343 e. The standard InChI is InChI=1S/C34H38N2O6/c1-4-6-8-9-18-40-29-16-13-23(20-31(29)38-3)32-27-15-14-26(21-30(27)42-33(36)28(32)22-35)41-34(37)24-11-10-12-25(19-24)39-17-7-5-2/h10-16,19-21,32H,4-9,17-18,36H2,1-3H3. The van der Waals surface area contributed by atoms with Crippen LogP contribution in [0.1, 0.15) is 79.8 Å². The molecule has 220 valence electrons. The average molecular weight is 571 g/mol. The number of hydrogen-bond donors (Lipinski definition) is 1. The van der Waals surface area contributed by atoms with Gasteiger partial charge in [0.05, 0.1) is 31.8 Å².